The summed E-state index contributed by atoms with van der Waals surface area (Å²) in [6.07, 6.45) is 0. The van der Waals surface area contributed by atoms with Gasteiger partial charge in [0.05, 0.1) is 6.04 Å². The van der Waals surface area contributed by atoms with Gasteiger partial charge in [-0.25, -0.2) is 4.79 Å². The van der Waals surface area contributed by atoms with Crippen LogP contribution in [0.25, 0.3) is 0 Å². The fourth-order valence-electron chi connectivity index (χ4n) is 1.93. The van der Waals surface area contributed by atoms with Crippen LogP contribution in [0, 0.1) is 5.92 Å². The molecule has 0 bridgehead atoms. The summed E-state index contributed by atoms with van der Waals surface area (Å²) in [5.74, 6) is -0.0446. The van der Waals surface area contributed by atoms with Gasteiger partial charge in [-0.2, -0.15) is 0 Å². The number of amides is 3. The predicted octanol–water partition coefficient (Wildman–Crippen LogP) is 2.86. The van der Waals surface area contributed by atoms with E-state index < -0.39 is 12.1 Å². The lowest BCUT2D eigenvalue weighted by molar-refractivity contribution is -0.121. The molecule has 1 rings (SSSR count). The van der Waals surface area contributed by atoms with Gasteiger partial charge in [-0.3, -0.25) is 15.4 Å². The summed E-state index contributed by atoms with van der Waals surface area (Å²) in [7, 11) is 0. The van der Waals surface area contributed by atoms with E-state index in [-0.39, 0.29) is 11.9 Å². The molecule has 0 fully saturated rings. The summed E-state index contributed by atoms with van der Waals surface area (Å²) in [5.41, 5.74) is 0.910. The van der Waals surface area contributed by atoms with Gasteiger partial charge in [0.15, 0.2) is 0 Å². The zero-order valence-corrected chi connectivity index (χ0v) is 14.2. The van der Waals surface area contributed by atoms with Gasteiger partial charge in [0, 0.05) is 17.6 Å². The van der Waals surface area contributed by atoms with Crippen LogP contribution in [0.5, 0.6) is 0 Å². The minimum Gasteiger partial charge on any atom is -0.338 e. The summed E-state index contributed by atoms with van der Waals surface area (Å²) in [4.78, 5) is 23.6. The van der Waals surface area contributed by atoms with E-state index in [1.165, 1.54) is 0 Å². The van der Waals surface area contributed by atoms with Crippen molar-refractivity contribution in [3.8, 4) is 0 Å². The highest BCUT2D eigenvalue weighted by molar-refractivity contribution is 6.31. The predicted molar refractivity (Wildman–Crippen MR) is 88.8 cm³/mol. The Bertz CT molecular complexity index is 520. The minimum atomic E-state index is -0.518. The van der Waals surface area contributed by atoms with E-state index >= 15 is 0 Å². The summed E-state index contributed by atoms with van der Waals surface area (Å²) >= 11 is 6.13. The van der Waals surface area contributed by atoms with E-state index in [2.05, 4.69) is 16.0 Å². The number of rotatable bonds is 6. The van der Waals surface area contributed by atoms with Crippen LogP contribution >= 0.6 is 11.6 Å². The number of carbonyl (C=O) groups is 2. The number of hydrogen-bond donors (Lipinski definition) is 3. The summed E-state index contributed by atoms with van der Waals surface area (Å²) < 4.78 is 0. The average molecular weight is 326 g/mol. The van der Waals surface area contributed by atoms with Crippen LogP contribution in [0.2, 0.25) is 5.02 Å². The Hall–Kier alpha value is -1.59. The van der Waals surface area contributed by atoms with Crippen molar-refractivity contribution in [1.82, 2.24) is 16.0 Å². The molecule has 6 heteroatoms. The number of carbonyl (C=O) groups excluding carboxylic acids is 2. The minimum absolute atomic E-state index is 0.104. The lowest BCUT2D eigenvalue weighted by Gasteiger charge is -2.20. The van der Waals surface area contributed by atoms with E-state index in [9.17, 15) is 9.59 Å². The largest absolute Gasteiger partial charge is 0.338 e. The maximum atomic E-state index is 12.0. The van der Waals surface area contributed by atoms with Crippen LogP contribution in [0.3, 0.4) is 0 Å². The first-order valence-corrected chi connectivity index (χ1v) is 7.78. The molecule has 0 heterocycles. The highest BCUT2D eigenvalue weighted by Crippen LogP contribution is 2.22. The smallest absolute Gasteiger partial charge is 0.321 e. The molecule has 2 unspecified atom stereocenters. The van der Waals surface area contributed by atoms with Gasteiger partial charge in [0.25, 0.3) is 0 Å². The Morgan fingerprint density at radius 3 is 2.36 bits per heavy atom. The normalized spacial score (nSPS) is 13.5. The topological polar surface area (TPSA) is 70.2 Å². The molecule has 5 nitrogen and oxygen atoms in total. The highest BCUT2D eigenvalue weighted by Gasteiger charge is 2.19. The molecule has 0 aliphatic carbocycles. The monoisotopic (exact) mass is 325 g/mol. The van der Waals surface area contributed by atoms with Crippen molar-refractivity contribution < 1.29 is 9.59 Å². The number of imide groups is 1. The second-order valence-electron chi connectivity index (χ2n) is 5.72. The zero-order valence-electron chi connectivity index (χ0n) is 13.4. The molecule has 0 aliphatic rings. The van der Waals surface area contributed by atoms with Crippen molar-refractivity contribution in [3.05, 3.63) is 34.9 Å². The van der Waals surface area contributed by atoms with Crippen molar-refractivity contribution in [2.45, 2.75) is 39.8 Å². The molecule has 1 aromatic rings. The molecular formula is C16H24ClN3O2. The Balaban J connectivity index is 2.50. The summed E-state index contributed by atoms with van der Waals surface area (Å²) in [5, 5.41) is 8.74. The molecule has 22 heavy (non-hydrogen) atoms. The number of hydrogen-bond acceptors (Lipinski definition) is 3. The number of halogens is 1. The molecule has 0 saturated carbocycles. The Labute approximate surface area is 136 Å². The second-order valence-corrected chi connectivity index (χ2v) is 6.13. The van der Waals surface area contributed by atoms with Crippen LogP contribution in [0.15, 0.2) is 24.3 Å². The fourth-order valence-corrected chi connectivity index (χ4v) is 2.23. The summed E-state index contributed by atoms with van der Waals surface area (Å²) in [6.45, 7) is 8.12. The molecule has 3 amide bonds. The lowest BCUT2D eigenvalue weighted by Crippen LogP contribution is -2.49. The molecule has 0 aliphatic heterocycles. The number of benzene rings is 1. The first-order valence-electron chi connectivity index (χ1n) is 7.40. The quantitative estimate of drug-likeness (QED) is 0.753. The molecule has 122 valence electrons. The van der Waals surface area contributed by atoms with Gasteiger partial charge < -0.3 is 5.32 Å². The van der Waals surface area contributed by atoms with Crippen molar-refractivity contribution in [1.29, 1.82) is 0 Å². The molecule has 3 N–H and O–H groups in total. The van der Waals surface area contributed by atoms with Crippen molar-refractivity contribution >= 4 is 23.5 Å². The van der Waals surface area contributed by atoms with Gasteiger partial charge in [-0.15, -0.1) is 0 Å². The van der Waals surface area contributed by atoms with Gasteiger partial charge in [0.1, 0.15) is 0 Å². The van der Waals surface area contributed by atoms with E-state index in [4.69, 9.17) is 11.6 Å². The van der Waals surface area contributed by atoms with Crippen molar-refractivity contribution in [3.63, 3.8) is 0 Å². The standard InChI is InChI=1S/C16H24ClN3O2/c1-10(2)9-18-16(22)20-15(21)12(4)19-11(3)13-7-5-6-8-14(13)17/h5-8,10-12,19H,9H2,1-4H3,(H2,18,20,21,22). The van der Waals surface area contributed by atoms with Crippen LogP contribution in [0.1, 0.15) is 39.3 Å². The van der Waals surface area contributed by atoms with E-state index in [1.807, 2.05) is 39.0 Å². The molecule has 0 aromatic heterocycles. The van der Waals surface area contributed by atoms with Gasteiger partial charge >= 0.3 is 6.03 Å². The van der Waals surface area contributed by atoms with Gasteiger partial charge in [0.2, 0.25) is 5.91 Å². The van der Waals surface area contributed by atoms with Crippen molar-refractivity contribution in [2.24, 2.45) is 5.92 Å². The van der Waals surface area contributed by atoms with Crippen LogP contribution in [-0.4, -0.2) is 24.5 Å². The fraction of sp³-hybridized carbons (Fsp3) is 0.500. The van der Waals surface area contributed by atoms with Gasteiger partial charge in [-0.1, -0.05) is 43.6 Å². The average Bonchev–Trinajstić information content (AvgIpc) is 2.45. The maximum Gasteiger partial charge on any atom is 0.321 e. The number of nitrogens with one attached hydrogen (secondary N) is 3. The Morgan fingerprint density at radius 2 is 1.77 bits per heavy atom. The molecular weight excluding hydrogens is 302 g/mol. The molecule has 0 spiro atoms. The van der Waals surface area contributed by atoms with E-state index in [0.29, 0.717) is 17.5 Å². The number of urea groups is 1. The third-order valence-electron chi connectivity index (χ3n) is 3.17. The Kier molecular flexibility index (Phi) is 7.35. The maximum absolute atomic E-state index is 12.0. The first kappa shape index (κ1) is 18.5. The second kappa shape index (κ2) is 8.76. The molecule has 0 radical (unpaired) electrons. The van der Waals surface area contributed by atoms with Crippen LogP contribution in [-0.2, 0) is 4.79 Å². The molecule has 0 saturated heterocycles. The first-order chi connectivity index (χ1) is 10.3. The van der Waals surface area contributed by atoms with Crippen LogP contribution in [0.4, 0.5) is 4.79 Å². The third-order valence-corrected chi connectivity index (χ3v) is 3.52. The van der Waals surface area contributed by atoms with Crippen molar-refractivity contribution in [2.75, 3.05) is 6.54 Å². The summed E-state index contributed by atoms with van der Waals surface area (Å²) in [6, 6.07) is 6.36. The van der Waals surface area contributed by atoms with E-state index in [1.54, 1.807) is 13.0 Å². The zero-order chi connectivity index (χ0) is 16.7. The molecule has 1 aromatic carbocycles. The SMILES string of the molecule is CC(C)CNC(=O)NC(=O)C(C)NC(C)c1ccccc1Cl. The third kappa shape index (κ3) is 6.03. The Morgan fingerprint density at radius 1 is 1.14 bits per heavy atom. The molecule has 2 atom stereocenters. The lowest BCUT2D eigenvalue weighted by atomic mass is 10.1. The van der Waals surface area contributed by atoms with E-state index in [0.717, 1.165) is 5.56 Å². The highest BCUT2D eigenvalue weighted by atomic mass is 35.5. The van der Waals surface area contributed by atoms with Gasteiger partial charge in [-0.05, 0) is 31.4 Å². The van der Waals surface area contributed by atoms with Crippen LogP contribution < -0.4 is 16.0 Å².